The zero-order valence-corrected chi connectivity index (χ0v) is 18.3. The standard InChI is InChI=1S/C21H23N5O3S/c1-6-16(27)23-14-7-9-15(10-8-14)24-19(28)18-13(4)22-20(30-18)17-11(2)12(3)25-26(5)21(17)29/h7-10H,6H2,1-5H3,(H,23,27)(H,24,28). The summed E-state index contributed by atoms with van der Waals surface area (Å²) in [6, 6.07) is 6.88. The third kappa shape index (κ3) is 4.30. The van der Waals surface area contributed by atoms with E-state index < -0.39 is 0 Å². The molecule has 9 heteroatoms. The van der Waals surface area contributed by atoms with Gasteiger partial charge < -0.3 is 10.6 Å². The minimum atomic E-state index is -0.304. The summed E-state index contributed by atoms with van der Waals surface area (Å²) in [5.74, 6) is -0.380. The van der Waals surface area contributed by atoms with Crippen LogP contribution in [-0.4, -0.2) is 26.6 Å². The number of benzene rings is 1. The average molecular weight is 426 g/mol. The van der Waals surface area contributed by atoms with E-state index in [0.717, 1.165) is 11.3 Å². The molecular formula is C21H23N5O3S. The molecule has 0 saturated carbocycles. The van der Waals surface area contributed by atoms with E-state index in [0.29, 0.717) is 38.9 Å². The second kappa shape index (κ2) is 8.58. The molecule has 0 radical (unpaired) electrons. The molecule has 0 aliphatic heterocycles. The fourth-order valence-electron chi connectivity index (χ4n) is 2.89. The van der Waals surface area contributed by atoms with Gasteiger partial charge in [-0.05, 0) is 50.6 Å². The van der Waals surface area contributed by atoms with E-state index in [4.69, 9.17) is 0 Å². The SMILES string of the molecule is CCC(=O)Nc1ccc(NC(=O)c2sc(-c3c(C)c(C)nn(C)c3=O)nc2C)cc1. The van der Waals surface area contributed by atoms with Crippen molar-refractivity contribution in [3.05, 3.63) is 56.4 Å². The van der Waals surface area contributed by atoms with Crippen molar-refractivity contribution in [2.45, 2.75) is 34.1 Å². The number of thiazole rings is 1. The summed E-state index contributed by atoms with van der Waals surface area (Å²) in [6.45, 7) is 7.18. The number of anilines is 2. The first kappa shape index (κ1) is 21.4. The van der Waals surface area contributed by atoms with Gasteiger partial charge in [-0.15, -0.1) is 11.3 Å². The number of carbonyl (C=O) groups excluding carboxylic acids is 2. The van der Waals surface area contributed by atoms with Crippen molar-refractivity contribution in [3.63, 3.8) is 0 Å². The van der Waals surface area contributed by atoms with Crippen LogP contribution in [0, 0.1) is 20.8 Å². The van der Waals surface area contributed by atoms with Crippen molar-refractivity contribution >= 4 is 34.5 Å². The Bertz CT molecular complexity index is 1180. The van der Waals surface area contributed by atoms with Gasteiger partial charge in [-0.1, -0.05) is 6.92 Å². The summed E-state index contributed by atoms with van der Waals surface area (Å²) >= 11 is 1.18. The molecule has 2 aromatic heterocycles. The van der Waals surface area contributed by atoms with Gasteiger partial charge in [0.25, 0.3) is 11.5 Å². The van der Waals surface area contributed by atoms with Gasteiger partial charge in [-0.25, -0.2) is 9.67 Å². The average Bonchev–Trinajstić information content (AvgIpc) is 3.09. The van der Waals surface area contributed by atoms with E-state index in [1.165, 1.54) is 16.0 Å². The van der Waals surface area contributed by atoms with Gasteiger partial charge in [-0.3, -0.25) is 14.4 Å². The number of carbonyl (C=O) groups is 2. The molecule has 30 heavy (non-hydrogen) atoms. The Morgan fingerprint density at radius 2 is 1.63 bits per heavy atom. The van der Waals surface area contributed by atoms with Gasteiger partial charge in [0.2, 0.25) is 5.91 Å². The van der Waals surface area contributed by atoms with Crippen LogP contribution in [0.2, 0.25) is 0 Å². The maximum atomic E-state index is 12.8. The van der Waals surface area contributed by atoms with E-state index >= 15 is 0 Å². The van der Waals surface area contributed by atoms with Crippen LogP contribution in [0.4, 0.5) is 11.4 Å². The predicted octanol–water partition coefficient (Wildman–Crippen LogP) is 3.43. The summed E-state index contributed by atoms with van der Waals surface area (Å²) in [4.78, 5) is 41.7. The van der Waals surface area contributed by atoms with Gasteiger partial charge in [0.05, 0.1) is 17.0 Å². The maximum Gasteiger partial charge on any atom is 0.277 e. The summed E-state index contributed by atoms with van der Waals surface area (Å²) in [6.07, 6.45) is 0.394. The molecule has 0 aliphatic rings. The second-order valence-electron chi connectivity index (χ2n) is 6.88. The van der Waals surface area contributed by atoms with Crippen LogP contribution in [0.25, 0.3) is 10.6 Å². The van der Waals surface area contributed by atoms with Crippen molar-refractivity contribution in [3.8, 4) is 10.6 Å². The Labute approximate surface area is 178 Å². The minimum absolute atomic E-state index is 0.0765. The lowest BCUT2D eigenvalue weighted by molar-refractivity contribution is -0.115. The highest BCUT2D eigenvalue weighted by Gasteiger charge is 2.21. The molecule has 2 amide bonds. The molecule has 156 valence electrons. The smallest absolute Gasteiger partial charge is 0.277 e. The van der Waals surface area contributed by atoms with Gasteiger partial charge in [0, 0.05) is 24.8 Å². The zero-order valence-electron chi connectivity index (χ0n) is 17.5. The number of aryl methyl sites for hydroxylation is 3. The number of aromatic nitrogens is 3. The summed E-state index contributed by atoms with van der Waals surface area (Å²) in [5.41, 5.74) is 3.52. The van der Waals surface area contributed by atoms with Crippen molar-refractivity contribution in [1.29, 1.82) is 0 Å². The Hall–Kier alpha value is -3.33. The number of nitrogens with one attached hydrogen (secondary N) is 2. The molecule has 0 bridgehead atoms. The minimum Gasteiger partial charge on any atom is -0.326 e. The van der Waals surface area contributed by atoms with Crippen LogP contribution >= 0.6 is 11.3 Å². The lowest BCUT2D eigenvalue weighted by atomic mass is 10.1. The molecule has 0 spiro atoms. The van der Waals surface area contributed by atoms with E-state index in [2.05, 4.69) is 20.7 Å². The fourth-order valence-corrected chi connectivity index (χ4v) is 3.94. The number of nitrogens with zero attached hydrogens (tertiary/aromatic N) is 3. The molecule has 0 atom stereocenters. The third-order valence-electron chi connectivity index (χ3n) is 4.69. The van der Waals surface area contributed by atoms with Gasteiger partial charge in [-0.2, -0.15) is 5.10 Å². The lowest BCUT2D eigenvalue weighted by Gasteiger charge is -2.07. The second-order valence-corrected chi connectivity index (χ2v) is 7.88. The topological polar surface area (TPSA) is 106 Å². The van der Waals surface area contributed by atoms with Crippen molar-refractivity contribution in [2.24, 2.45) is 7.05 Å². The van der Waals surface area contributed by atoms with Gasteiger partial charge in [0.1, 0.15) is 9.88 Å². The first-order valence-electron chi connectivity index (χ1n) is 9.44. The van der Waals surface area contributed by atoms with Gasteiger partial charge >= 0.3 is 0 Å². The van der Waals surface area contributed by atoms with Crippen LogP contribution in [0.5, 0.6) is 0 Å². The molecule has 3 rings (SSSR count). The Morgan fingerprint density at radius 3 is 2.23 bits per heavy atom. The molecule has 0 fully saturated rings. The summed E-state index contributed by atoms with van der Waals surface area (Å²) < 4.78 is 1.28. The molecule has 0 unspecified atom stereocenters. The maximum absolute atomic E-state index is 12.8. The number of hydrogen-bond donors (Lipinski definition) is 2. The van der Waals surface area contributed by atoms with Crippen molar-refractivity contribution in [2.75, 3.05) is 10.6 Å². The Morgan fingerprint density at radius 1 is 1.03 bits per heavy atom. The van der Waals surface area contributed by atoms with Crippen LogP contribution in [0.15, 0.2) is 29.1 Å². The van der Waals surface area contributed by atoms with Crippen LogP contribution in [0.3, 0.4) is 0 Å². The molecule has 3 aromatic rings. The van der Waals surface area contributed by atoms with Crippen molar-refractivity contribution < 1.29 is 9.59 Å². The van der Waals surface area contributed by atoms with Crippen LogP contribution < -0.4 is 16.2 Å². The van der Waals surface area contributed by atoms with Crippen molar-refractivity contribution in [1.82, 2.24) is 14.8 Å². The fraction of sp³-hybridized carbons (Fsp3) is 0.286. The highest BCUT2D eigenvalue weighted by Crippen LogP contribution is 2.29. The van der Waals surface area contributed by atoms with E-state index in [1.54, 1.807) is 45.2 Å². The Kier molecular flexibility index (Phi) is 6.12. The Balaban J connectivity index is 1.85. The molecule has 0 saturated heterocycles. The molecular weight excluding hydrogens is 402 g/mol. The lowest BCUT2D eigenvalue weighted by Crippen LogP contribution is -2.23. The first-order valence-corrected chi connectivity index (χ1v) is 10.3. The van der Waals surface area contributed by atoms with E-state index in [9.17, 15) is 14.4 Å². The molecule has 2 N–H and O–H groups in total. The van der Waals surface area contributed by atoms with Crippen LogP contribution in [0.1, 0.15) is 40.0 Å². The van der Waals surface area contributed by atoms with E-state index in [-0.39, 0.29) is 17.4 Å². The highest BCUT2D eigenvalue weighted by molar-refractivity contribution is 7.17. The highest BCUT2D eigenvalue weighted by atomic mass is 32.1. The zero-order chi connectivity index (χ0) is 22.0. The molecule has 2 heterocycles. The quantitative estimate of drug-likeness (QED) is 0.651. The third-order valence-corrected chi connectivity index (χ3v) is 5.86. The normalized spacial score (nSPS) is 10.7. The number of hydrogen-bond acceptors (Lipinski definition) is 6. The molecule has 8 nitrogen and oxygen atoms in total. The molecule has 0 aliphatic carbocycles. The summed E-state index contributed by atoms with van der Waals surface area (Å²) in [7, 11) is 1.60. The monoisotopic (exact) mass is 425 g/mol. The summed E-state index contributed by atoms with van der Waals surface area (Å²) in [5, 5.41) is 10.3. The largest absolute Gasteiger partial charge is 0.326 e. The van der Waals surface area contributed by atoms with Gasteiger partial charge in [0.15, 0.2) is 0 Å². The first-order chi connectivity index (χ1) is 14.2. The number of amides is 2. The van der Waals surface area contributed by atoms with E-state index in [1.807, 2.05) is 13.8 Å². The predicted molar refractivity (Wildman–Crippen MR) is 118 cm³/mol. The number of rotatable bonds is 5. The van der Waals surface area contributed by atoms with Crippen LogP contribution in [-0.2, 0) is 11.8 Å². The molecule has 1 aromatic carbocycles.